The minimum atomic E-state index is -0.933. The molecule has 1 atom stereocenters. The van der Waals surface area contributed by atoms with Gasteiger partial charge in [0.05, 0.1) is 19.2 Å². The Balaban J connectivity index is 1.57. The van der Waals surface area contributed by atoms with Gasteiger partial charge in [0, 0.05) is 16.8 Å². The highest BCUT2D eigenvalue weighted by Crippen LogP contribution is 2.41. The van der Waals surface area contributed by atoms with Crippen molar-refractivity contribution in [2.75, 3.05) is 12.4 Å². The van der Waals surface area contributed by atoms with E-state index >= 15 is 0 Å². The van der Waals surface area contributed by atoms with E-state index in [0.29, 0.717) is 12.3 Å². The van der Waals surface area contributed by atoms with E-state index in [1.165, 1.54) is 0 Å². The summed E-state index contributed by atoms with van der Waals surface area (Å²) in [7, 11) is 1.69. The number of anilines is 1. The number of fused-ring (bicyclic) bond motifs is 1. The van der Waals surface area contributed by atoms with Crippen molar-refractivity contribution in [1.29, 1.82) is 0 Å². The standard InChI is InChI=1S/C28H28N4O2/c1-16-10-23(11-17(2)26(16)34-4)28(31-18(3)27(29)32-28)22-7-5-6-19(13-22)12-20-8-9-21-15-25(33)30-24(21)14-20/h5-11,13-14H,12,15H2,1-4H3,(H2,29,32)(H,30,33). The Morgan fingerprint density at radius 1 is 0.971 bits per heavy atom. The minimum absolute atomic E-state index is 0.0473. The molecule has 2 aliphatic rings. The lowest BCUT2D eigenvalue weighted by Gasteiger charge is -2.26. The van der Waals surface area contributed by atoms with E-state index in [9.17, 15) is 4.79 Å². The Morgan fingerprint density at radius 3 is 2.38 bits per heavy atom. The second kappa shape index (κ2) is 8.13. The van der Waals surface area contributed by atoms with Crippen LogP contribution in [0.4, 0.5) is 5.69 Å². The van der Waals surface area contributed by atoms with Crippen LogP contribution in [0, 0.1) is 13.8 Å². The molecular formula is C28H28N4O2. The van der Waals surface area contributed by atoms with Crippen molar-refractivity contribution in [1.82, 2.24) is 0 Å². The summed E-state index contributed by atoms with van der Waals surface area (Å²) in [6.45, 7) is 5.96. The average Bonchev–Trinajstić information content (AvgIpc) is 3.32. The quantitative estimate of drug-likeness (QED) is 0.600. The Bertz CT molecular complexity index is 1350. The predicted octanol–water partition coefficient (Wildman–Crippen LogP) is 4.43. The van der Waals surface area contributed by atoms with Crippen LogP contribution in [0.5, 0.6) is 5.75 Å². The molecule has 6 nitrogen and oxygen atoms in total. The SMILES string of the molecule is COc1c(C)cc(C2(c3cccc(Cc4ccc5c(c4)NC(=O)C5)c3)N=C(C)C(N)=N2)cc1C. The number of nitrogens with two attached hydrogens (primary N) is 1. The van der Waals surface area contributed by atoms with Gasteiger partial charge in [-0.1, -0.05) is 36.4 Å². The lowest BCUT2D eigenvalue weighted by molar-refractivity contribution is -0.115. The highest BCUT2D eigenvalue weighted by atomic mass is 16.5. The summed E-state index contributed by atoms with van der Waals surface area (Å²) in [6, 6.07) is 18.7. The summed E-state index contributed by atoms with van der Waals surface area (Å²) in [5.74, 6) is 1.36. The molecule has 2 heterocycles. The molecule has 0 aromatic heterocycles. The van der Waals surface area contributed by atoms with Gasteiger partial charge in [0.15, 0.2) is 0 Å². The molecule has 34 heavy (non-hydrogen) atoms. The summed E-state index contributed by atoms with van der Waals surface area (Å²) in [5.41, 5.74) is 14.3. The fourth-order valence-corrected chi connectivity index (χ4v) is 4.98. The summed E-state index contributed by atoms with van der Waals surface area (Å²) >= 11 is 0. The van der Waals surface area contributed by atoms with Gasteiger partial charge in [-0.15, -0.1) is 0 Å². The Labute approximate surface area is 199 Å². The number of amidine groups is 1. The molecule has 1 unspecified atom stereocenters. The van der Waals surface area contributed by atoms with E-state index in [2.05, 4.69) is 47.8 Å². The second-order valence-electron chi connectivity index (χ2n) is 9.10. The molecule has 0 saturated carbocycles. The average molecular weight is 453 g/mol. The zero-order chi connectivity index (χ0) is 24.0. The van der Waals surface area contributed by atoms with E-state index in [0.717, 1.165) is 62.5 Å². The molecule has 0 bridgehead atoms. The van der Waals surface area contributed by atoms with Crippen molar-refractivity contribution in [2.45, 2.75) is 39.3 Å². The van der Waals surface area contributed by atoms with Crippen LogP contribution in [0.15, 0.2) is 64.6 Å². The van der Waals surface area contributed by atoms with Gasteiger partial charge in [-0.05, 0) is 73.2 Å². The molecule has 0 saturated heterocycles. The van der Waals surface area contributed by atoms with Crippen LogP contribution in [0.1, 0.15) is 45.9 Å². The first-order valence-corrected chi connectivity index (χ1v) is 11.4. The number of benzene rings is 3. The summed E-state index contributed by atoms with van der Waals surface area (Å²) in [4.78, 5) is 21.6. The fraction of sp³-hybridized carbons (Fsp3) is 0.250. The van der Waals surface area contributed by atoms with Crippen molar-refractivity contribution in [3.63, 3.8) is 0 Å². The van der Waals surface area contributed by atoms with Gasteiger partial charge >= 0.3 is 0 Å². The first kappa shape index (κ1) is 21.9. The molecule has 0 fully saturated rings. The number of nitrogens with zero attached hydrogens (tertiary/aromatic N) is 2. The van der Waals surface area contributed by atoms with Crippen molar-refractivity contribution < 1.29 is 9.53 Å². The molecule has 6 heteroatoms. The third kappa shape index (κ3) is 3.65. The van der Waals surface area contributed by atoms with Gasteiger partial charge in [0.25, 0.3) is 0 Å². The Kier molecular flexibility index (Phi) is 5.24. The fourth-order valence-electron chi connectivity index (χ4n) is 4.98. The smallest absolute Gasteiger partial charge is 0.228 e. The first-order chi connectivity index (χ1) is 16.3. The maximum absolute atomic E-state index is 11.7. The Morgan fingerprint density at radius 2 is 1.71 bits per heavy atom. The van der Waals surface area contributed by atoms with Gasteiger partial charge < -0.3 is 15.8 Å². The monoisotopic (exact) mass is 452 g/mol. The number of rotatable bonds is 5. The summed E-state index contributed by atoms with van der Waals surface area (Å²) in [6.07, 6.45) is 1.18. The van der Waals surface area contributed by atoms with E-state index in [1.807, 2.05) is 32.9 Å². The minimum Gasteiger partial charge on any atom is -0.496 e. The number of nitrogens with one attached hydrogen (secondary N) is 1. The second-order valence-corrected chi connectivity index (χ2v) is 9.10. The number of ether oxygens (including phenoxy) is 1. The molecule has 3 aromatic carbocycles. The number of amides is 1. The third-order valence-electron chi connectivity index (χ3n) is 6.59. The zero-order valence-electron chi connectivity index (χ0n) is 19.9. The maximum atomic E-state index is 11.7. The molecule has 1 amide bonds. The van der Waals surface area contributed by atoms with Crippen molar-refractivity contribution in [3.05, 3.63) is 93.5 Å². The summed E-state index contributed by atoms with van der Waals surface area (Å²) < 4.78 is 5.58. The lowest BCUT2D eigenvalue weighted by Crippen LogP contribution is -2.23. The van der Waals surface area contributed by atoms with Gasteiger partial charge in [-0.25, -0.2) is 9.98 Å². The highest BCUT2D eigenvalue weighted by Gasteiger charge is 2.39. The summed E-state index contributed by atoms with van der Waals surface area (Å²) in [5, 5.41) is 2.94. The topological polar surface area (TPSA) is 89.1 Å². The van der Waals surface area contributed by atoms with Gasteiger partial charge in [0.2, 0.25) is 11.6 Å². The van der Waals surface area contributed by atoms with Crippen LogP contribution in [0.3, 0.4) is 0 Å². The molecule has 3 aromatic rings. The van der Waals surface area contributed by atoms with Crippen molar-refractivity contribution in [3.8, 4) is 5.75 Å². The number of aryl methyl sites for hydroxylation is 2. The van der Waals surface area contributed by atoms with Crippen molar-refractivity contribution in [2.24, 2.45) is 15.7 Å². The van der Waals surface area contributed by atoms with Crippen LogP contribution in [0.2, 0.25) is 0 Å². The normalized spacial score (nSPS) is 18.9. The van der Waals surface area contributed by atoms with Crippen LogP contribution >= 0.6 is 0 Å². The van der Waals surface area contributed by atoms with Crippen molar-refractivity contribution >= 4 is 23.1 Å². The molecule has 0 spiro atoms. The van der Waals surface area contributed by atoms with Crippen LogP contribution in [-0.4, -0.2) is 24.6 Å². The molecule has 3 N–H and O–H groups in total. The third-order valence-corrected chi connectivity index (χ3v) is 6.59. The number of hydrogen-bond donors (Lipinski definition) is 2. The largest absolute Gasteiger partial charge is 0.496 e. The van der Waals surface area contributed by atoms with Crippen LogP contribution in [0.25, 0.3) is 0 Å². The van der Waals surface area contributed by atoms with Gasteiger partial charge in [-0.2, -0.15) is 0 Å². The van der Waals surface area contributed by atoms with E-state index in [-0.39, 0.29) is 5.91 Å². The molecule has 5 rings (SSSR count). The molecule has 0 aliphatic carbocycles. The van der Waals surface area contributed by atoms with Crippen LogP contribution in [-0.2, 0) is 23.3 Å². The number of hydrogen-bond acceptors (Lipinski definition) is 5. The van der Waals surface area contributed by atoms with Gasteiger partial charge in [0.1, 0.15) is 11.6 Å². The zero-order valence-corrected chi connectivity index (χ0v) is 19.9. The van der Waals surface area contributed by atoms with E-state index in [1.54, 1.807) is 7.11 Å². The first-order valence-electron chi connectivity index (χ1n) is 11.4. The lowest BCUT2D eigenvalue weighted by atomic mass is 9.88. The maximum Gasteiger partial charge on any atom is 0.228 e. The molecule has 0 radical (unpaired) electrons. The van der Waals surface area contributed by atoms with E-state index < -0.39 is 5.66 Å². The number of carbonyl (C=O) groups is 1. The Hall–Kier alpha value is -3.93. The highest BCUT2D eigenvalue weighted by molar-refractivity contribution is 6.41. The molecular weight excluding hydrogens is 424 g/mol. The van der Waals surface area contributed by atoms with E-state index in [4.69, 9.17) is 20.5 Å². The molecule has 172 valence electrons. The number of methoxy groups -OCH3 is 1. The number of aliphatic imine (C=N–C) groups is 2. The molecule has 2 aliphatic heterocycles. The van der Waals surface area contributed by atoms with Gasteiger partial charge in [-0.3, -0.25) is 4.79 Å². The van der Waals surface area contributed by atoms with Crippen LogP contribution < -0.4 is 15.8 Å². The number of carbonyl (C=O) groups excluding carboxylic acids is 1. The predicted molar refractivity (Wildman–Crippen MR) is 136 cm³/mol.